The van der Waals surface area contributed by atoms with Crippen LogP contribution in [0, 0.1) is 11.3 Å². The monoisotopic (exact) mass is 291 g/mol. The second-order valence-corrected chi connectivity index (χ2v) is 5.75. The minimum Gasteiger partial charge on any atom is -0.384 e. The van der Waals surface area contributed by atoms with E-state index in [4.69, 9.17) is 4.74 Å². The Morgan fingerprint density at radius 3 is 2.56 bits per heavy atom. The van der Waals surface area contributed by atoms with Gasteiger partial charge in [0.25, 0.3) is 0 Å². The van der Waals surface area contributed by atoms with Crippen LogP contribution >= 0.6 is 15.9 Å². The van der Waals surface area contributed by atoms with E-state index < -0.39 is 0 Å². The molecular weight excluding hydrogens is 266 g/mol. The van der Waals surface area contributed by atoms with Crippen molar-refractivity contribution < 1.29 is 4.74 Å². The highest BCUT2D eigenvalue weighted by Crippen LogP contribution is 2.31. The van der Waals surface area contributed by atoms with E-state index in [1.54, 1.807) is 0 Å². The molecule has 0 aromatic rings. The standard InChI is InChI=1S/C13H26BrNO/c1-4-13(5-2,10-14)11-15-7-6-12(8-15)9-16-3/h12H,4-11H2,1-3H3. The van der Waals surface area contributed by atoms with Crippen LogP contribution in [0.25, 0.3) is 0 Å². The van der Waals surface area contributed by atoms with Gasteiger partial charge in [0.2, 0.25) is 0 Å². The van der Waals surface area contributed by atoms with Crippen LogP contribution in [0.15, 0.2) is 0 Å². The number of methoxy groups -OCH3 is 1. The van der Waals surface area contributed by atoms with Gasteiger partial charge in [-0.15, -0.1) is 0 Å². The zero-order valence-corrected chi connectivity index (χ0v) is 12.6. The molecule has 1 rings (SSSR count). The van der Waals surface area contributed by atoms with Crippen molar-refractivity contribution in [2.75, 3.05) is 38.7 Å². The fourth-order valence-electron chi connectivity index (χ4n) is 2.61. The maximum atomic E-state index is 5.25. The Morgan fingerprint density at radius 1 is 1.38 bits per heavy atom. The van der Waals surface area contributed by atoms with Crippen molar-refractivity contribution in [3.8, 4) is 0 Å². The van der Waals surface area contributed by atoms with Crippen LogP contribution in [0.4, 0.5) is 0 Å². The molecule has 0 N–H and O–H groups in total. The summed E-state index contributed by atoms with van der Waals surface area (Å²) in [5, 5.41) is 1.12. The lowest BCUT2D eigenvalue weighted by Crippen LogP contribution is -2.37. The van der Waals surface area contributed by atoms with Crippen molar-refractivity contribution in [2.45, 2.75) is 33.1 Å². The minimum atomic E-state index is 0.474. The van der Waals surface area contributed by atoms with E-state index >= 15 is 0 Å². The van der Waals surface area contributed by atoms with Crippen molar-refractivity contribution in [3.05, 3.63) is 0 Å². The average molecular weight is 292 g/mol. The Morgan fingerprint density at radius 2 is 2.06 bits per heavy atom. The molecule has 1 heterocycles. The first-order chi connectivity index (χ1) is 7.69. The fraction of sp³-hybridized carbons (Fsp3) is 1.00. The molecule has 0 amide bonds. The summed E-state index contributed by atoms with van der Waals surface area (Å²) >= 11 is 3.70. The van der Waals surface area contributed by atoms with E-state index in [2.05, 4.69) is 34.7 Å². The molecule has 16 heavy (non-hydrogen) atoms. The van der Waals surface area contributed by atoms with Crippen molar-refractivity contribution in [1.29, 1.82) is 0 Å². The molecule has 0 aromatic heterocycles. The third-order valence-electron chi connectivity index (χ3n) is 4.11. The van der Waals surface area contributed by atoms with Gasteiger partial charge in [-0.3, -0.25) is 0 Å². The SMILES string of the molecule is CCC(CC)(CBr)CN1CCC(COC)C1. The number of rotatable bonds is 7. The molecule has 0 radical (unpaired) electrons. The largest absolute Gasteiger partial charge is 0.384 e. The Bertz CT molecular complexity index is 186. The predicted molar refractivity (Wildman–Crippen MR) is 73.2 cm³/mol. The molecule has 3 heteroatoms. The van der Waals surface area contributed by atoms with Gasteiger partial charge in [0.1, 0.15) is 0 Å². The number of likely N-dealkylation sites (tertiary alicyclic amines) is 1. The second kappa shape index (κ2) is 6.97. The molecule has 1 fully saturated rings. The first-order valence-electron chi connectivity index (χ1n) is 6.47. The van der Waals surface area contributed by atoms with Gasteiger partial charge in [0.15, 0.2) is 0 Å². The summed E-state index contributed by atoms with van der Waals surface area (Å²) in [4.78, 5) is 2.62. The van der Waals surface area contributed by atoms with Crippen molar-refractivity contribution in [1.82, 2.24) is 4.90 Å². The molecule has 0 aromatic carbocycles. The lowest BCUT2D eigenvalue weighted by atomic mass is 9.84. The van der Waals surface area contributed by atoms with Crippen LogP contribution in [0.5, 0.6) is 0 Å². The number of halogens is 1. The highest BCUT2D eigenvalue weighted by Gasteiger charge is 2.31. The van der Waals surface area contributed by atoms with Gasteiger partial charge in [-0.1, -0.05) is 29.8 Å². The summed E-state index contributed by atoms with van der Waals surface area (Å²) in [7, 11) is 1.81. The molecule has 1 atom stereocenters. The highest BCUT2D eigenvalue weighted by molar-refractivity contribution is 9.09. The van der Waals surface area contributed by atoms with Gasteiger partial charge >= 0.3 is 0 Å². The molecule has 1 unspecified atom stereocenters. The predicted octanol–water partition coefficient (Wildman–Crippen LogP) is 3.16. The van der Waals surface area contributed by atoms with Crippen LogP contribution < -0.4 is 0 Å². The Hall–Kier alpha value is 0.400. The summed E-state index contributed by atoms with van der Waals surface area (Å²) in [6, 6.07) is 0. The Kier molecular flexibility index (Phi) is 6.30. The smallest absolute Gasteiger partial charge is 0.0503 e. The van der Waals surface area contributed by atoms with Gasteiger partial charge in [-0.2, -0.15) is 0 Å². The van der Waals surface area contributed by atoms with Crippen molar-refractivity contribution >= 4 is 15.9 Å². The van der Waals surface area contributed by atoms with Crippen LogP contribution in [-0.2, 0) is 4.74 Å². The molecular formula is C13H26BrNO. The number of ether oxygens (including phenoxy) is 1. The summed E-state index contributed by atoms with van der Waals surface area (Å²) in [5.41, 5.74) is 0.474. The summed E-state index contributed by atoms with van der Waals surface area (Å²) in [6.07, 6.45) is 3.83. The van der Waals surface area contributed by atoms with Gasteiger partial charge in [0.05, 0.1) is 6.61 Å². The normalized spacial score (nSPS) is 22.9. The van der Waals surface area contributed by atoms with Gasteiger partial charge in [-0.25, -0.2) is 0 Å². The van der Waals surface area contributed by atoms with Gasteiger partial charge < -0.3 is 9.64 Å². The van der Waals surface area contributed by atoms with E-state index in [9.17, 15) is 0 Å². The fourth-order valence-corrected chi connectivity index (χ4v) is 3.58. The Balaban J connectivity index is 2.42. The minimum absolute atomic E-state index is 0.474. The van der Waals surface area contributed by atoms with Crippen LogP contribution in [0.2, 0.25) is 0 Å². The first-order valence-corrected chi connectivity index (χ1v) is 7.59. The van der Waals surface area contributed by atoms with E-state index in [-0.39, 0.29) is 0 Å². The quantitative estimate of drug-likeness (QED) is 0.668. The van der Waals surface area contributed by atoms with Crippen LogP contribution in [-0.4, -0.2) is 43.6 Å². The molecule has 0 saturated carbocycles. The molecule has 0 bridgehead atoms. The molecule has 1 aliphatic heterocycles. The lowest BCUT2D eigenvalue weighted by Gasteiger charge is -2.34. The summed E-state index contributed by atoms with van der Waals surface area (Å²) in [6.45, 7) is 9.27. The summed E-state index contributed by atoms with van der Waals surface area (Å²) < 4.78 is 5.25. The maximum absolute atomic E-state index is 5.25. The molecule has 96 valence electrons. The lowest BCUT2D eigenvalue weighted by molar-refractivity contribution is 0.141. The molecule has 1 aliphatic rings. The Labute approximate surface area is 109 Å². The number of hydrogen-bond acceptors (Lipinski definition) is 2. The number of alkyl halides is 1. The third kappa shape index (κ3) is 3.71. The zero-order chi connectivity index (χ0) is 12.0. The second-order valence-electron chi connectivity index (χ2n) is 5.19. The average Bonchev–Trinajstić information content (AvgIpc) is 2.74. The van der Waals surface area contributed by atoms with E-state index in [0.717, 1.165) is 17.9 Å². The van der Waals surface area contributed by atoms with Crippen molar-refractivity contribution in [2.24, 2.45) is 11.3 Å². The molecule has 0 spiro atoms. The van der Waals surface area contributed by atoms with Gasteiger partial charge in [0, 0.05) is 25.5 Å². The number of hydrogen-bond donors (Lipinski definition) is 0. The molecule has 1 saturated heterocycles. The number of nitrogens with zero attached hydrogens (tertiary/aromatic N) is 1. The van der Waals surface area contributed by atoms with Crippen LogP contribution in [0.1, 0.15) is 33.1 Å². The molecule has 2 nitrogen and oxygen atoms in total. The first kappa shape index (κ1) is 14.5. The van der Waals surface area contributed by atoms with Crippen LogP contribution in [0.3, 0.4) is 0 Å². The summed E-state index contributed by atoms with van der Waals surface area (Å²) in [5.74, 6) is 0.756. The highest BCUT2D eigenvalue weighted by atomic mass is 79.9. The van der Waals surface area contributed by atoms with Gasteiger partial charge in [-0.05, 0) is 37.1 Å². The maximum Gasteiger partial charge on any atom is 0.0503 e. The van der Waals surface area contributed by atoms with Crippen molar-refractivity contribution in [3.63, 3.8) is 0 Å². The molecule has 0 aliphatic carbocycles. The zero-order valence-electron chi connectivity index (χ0n) is 11.0. The third-order valence-corrected chi connectivity index (χ3v) is 5.30. The van der Waals surface area contributed by atoms with E-state index in [1.807, 2.05) is 7.11 Å². The topological polar surface area (TPSA) is 12.5 Å². The van der Waals surface area contributed by atoms with E-state index in [1.165, 1.54) is 38.9 Å². The van der Waals surface area contributed by atoms with E-state index in [0.29, 0.717) is 5.41 Å².